The van der Waals surface area contributed by atoms with Crippen LogP contribution in [0.15, 0.2) is 51.8 Å². The minimum absolute atomic E-state index is 0.0353. The molecule has 2 aromatic carbocycles. The van der Waals surface area contributed by atoms with Crippen molar-refractivity contribution in [2.75, 3.05) is 5.32 Å². The summed E-state index contributed by atoms with van der Waals surface area (Å²) in [6, 6.07) is 12.2. The average Bonchev–Trinajstić information content (AvgIpc) is 3.12. The molecule has 0 unspecified atom stereocenters. The number of sulfone groups is 1. The van der Waals surface area contributed by atoms with Gasteiger partial charge >= 0.3 is 6.01 Å². The van der Waals surface area contributed by atoms with Crippen LogP contribution in [0.1, 0.15) is 30.5 Å². The number of aryl methyl sites for hydroxylation is 2. The normalized spacial score (nSPS) is 11.6. The minimum atomic E-state index is -3.42. The number of nitrogens with one attached hydrogen (secondary N) is 1. The van der Waals surface area contributed by atoms with Crippen LogP contribution < -0.4 is 5.32 Å². The molecule has 3 aromatic rings. The first-order valence-electron chi connectivity index (χ1n) is 9.20. The number of benzene rings is 2. The fraction of sp³-hybridized carbons (Fsp3) is 0.286. The summed E-state index contributed by atoms with van der Waals surface area (Å²) >= 11 is 0. The zero-order chi connectivity index (χ0) is 21.2. The number of aromatic nitrogens is 2. The number of carbonyl (C=O) groups is 1. The van der Waals surface area contributed by atoms with E-state index in [1.807, 2.05) is 32.0 Å². The minimum Gasteiger partial charge on any atom is -0.403 e. The van der Waals surface area contributed by atoms with Crippen LogP contribution in [0.5, 0.6) is 0 Å². The smallest absolute Gasteiger partial charge is 0.322 e. The third-order valence-electron chi connectivity index (χ3n) is 4.55. The molecule has 7 nitrogen and oxygen atoms in total. The molecule has 8 heteroatoms. The van der Waals surface area contributed by atoms with Crippen molar-refractivity contribution < 1.29 is 17.6 Å². The van der Waals surface area contributed by atoms with E-state index >= 15 is 0 Å². The fourth-order valence-corrected chi connectivity index (χ4v) is 3.95. The third-order valence-corrected chi connectivity index (χ3v) is 6.70. The van der Waals surface area contributed by atoms with Gasteiger partial charge in [-0.2, -0.15) is 0 Å². The van der Waals surface area contributed by atoms with Crippen molar-refractivity contribution in [3.63, 3.8) is 0 Å². The van der Waals surface area contributed by atoms with E-state index in [1.165, 1.54) is 12.1 Å². The van der Waals surface area contributed by atoms with E-state index in [2.05, 4.69) is 15.5 Å². The first-order valence-corrected chi connectivity index (χ1v) is 10.8. The predicted octanol–water partition coefficient (Wildman–Crippen LogP) is 3.72. The number of amides is 1. The number of rotatable bonds is 6. The molecule has 1 aromatic heterocycles. The maximum Gasteiger partial charge on any atom is 0.322 e. The summed E-state index contributed by atoms with van der Waals surface area (Å²) in [5.41, 5.74) is 3.55. The zero-order valence-corrected chi connectivity index (χ0v) is 17.6. The monoisotopic (exact) mass is 413 g/mol. The maximum atomic E-state index is 12.4. The number of anilines is 1. The van der Waals surface area contributed by atoms with E-state index in [9.17, 15) is 13.2 Å². The second-order valence-electron chi connectivity index (χ2n) is 7.19. The van der Waals surface area contributed by atoms with Gasteiger partial charge in [0.05, 0.1) is 16.6 Å². The molecule has 0 fully saturated rings. The molecule has 0 aliphatic rings. The Morgan fingerprint density at radius 2 is 1.86 bits per heavy atom. The lowest BCUT2D eigenvalue weighted by Gasteiger charge is -2.08. The second kappa shape index (κ2) is 8.16. The summed E-state index contributed by atoms with van der Waals surface area (Å²) in [6.45, 7) is 7.20. The average molecular weight is 413 g/mol. The molecular formula is C21H23N3O4S. The summed E-state index contributed by atoms with van der Waals surface area (Å²) in [4.78, 5) is 12.5. The van der Waals surface area contributed by atoms with Gasteiger partial charge in [0.2, 0.25) is 11.8 Å². The number of hydrogen-bond donors (Lipinski definition) is 1. The molecule has 3 rings (SSSR count). The van der Waals surface area contributed by atoms with Gasteiger partial charge in [-0.3, -0.25) is 10.1 Å². The van der Waals surface area contributed by atoms with Crippen LogP contribution in [0.25, 0.3) is 11.5 Å². The molecule has 0 spiro atoms. The Kier molecular flexibility index (Phi) is 5.83. The fourth-order valence-electron chi connectivity index (χ4n) is 2.85. The molecule has 0 aliphatic heterocycles. The molecule has 1 N–H and O–H groups in total. The molecule has 0 atom stereocenters. The van der Waals surface area contributed by atoms with E-state index in [0.29, 0.717) is 5.56 Å². The van der Waals surface area contributed by atoms with Crippen LogP contribution in [-0.4, -0.2) is 29.8 Å². The molecule has 0 radical (unpaired) electrons. The summed E-state index contributed by atoms with van der Waals surface area (Å²) in [6.07, 6.45) is 0.186. The van der Waals surface area contributed by atoms with Crippen molar-refractivity contribution in [1.29, 1.82) is 0 Å². The number of nitrogens with zero attached hydrogens (tertiary/aromatic N) is 2. The molecule has 1 heterocycles. The van der Waals surface area contributed by atoms with E-state index in [1.54, 1.807) is 26.0 Å². The molecule has 1 amide bonds. The van der Waals surface area contributed by atoms with E-state index < -0.39 is 15.1 Å². The van der Waals surface area contributed by atoms with Gasteiger partial charge in [0, 0.05) is 5.56 Å². The van der Waals surface area contributed by atoms with Crippen molar-refractivity contribution in [3.8, 4) is 11.5 Å². The standard InChI is InChI=1S/C21H23N3O4S/c1-13(2)29(26,27)18-7-5-6-17(11-18)20-23-24-21(28-20)22-19(25)12-16-9-8-14(3)10-15(16)4/h5-11,13H,12H2,1-4H3,(H,22,24,25). The van der Waals surface area contributed by atoms with E-state index in [0.717, 1.165) is 16.7 Å². The Morgan fingerprint density at radius 1 is 1.10 bits per heavy atom. The van der Waals surface area contributed by atoms with Gasteiger partial charge in [0.25, 0.3) is 0 Å². The molecule has 0 saturated heterocycles. The van der Waals surface area contributed by atoms with Crippen LogP contribution in [-0.2, 0) is 21.1 Å². The highest BCUT2D eigenvalue weighted by Crippen LogP contribution is 2.25. The van der Waals surface area contributed by atoms with Gasteiger partial charge in [-0.05, 0) is 57.0 Å². The Balaban J connectivity index is 1.75. The van der Waals surface area contributed by atoms with Crippen molar-refractivity contribution in [3.05, 3.63) is 59.2 Å². The van der Waals surface area contributed by atoms with Crippen LogP contribution in [0.2, 0.25) is 0 Å². The van der Waals surface area contributed by atoms with Gasteiger partial charge in [0.1, 0.15) is 0 Å². The Labute approximate surface area is 170 Å². The topological polar surface area (TPSA) is 102 Å². The molecular weight excluding hydrogens is 390 g/mol. The lowest BCUT2D eigenvalue weighted by atomic mass is 10.0. The first kappa shape index (κ1) is 20.7. The summed E-state index contributed by atoms with van der Waals surface area (Å²) in [5, 5.41) is 9.80. The van der Waals surface area contributed by atoms with Crippen LogP contribution >= 0.6 is 0 Å². The van der Waals surface area contributed by atoms with Gasteiger partial charge in [-0.1, -0.05) is 34.9 Å². The van der Waals surface area contributed by atoms with Gasteiger partial charge in [-0.25, -0.2) is 8.42 Å². The van der Waals surface area contributed by atoms with Crippen molar-refractivity contribution in [2.45, 2.75) is 44.3 Å². The Bertz CT molecular complexity index is 1150. The Morgan fingerprint density at radius 3 is 2.55 bits per heavy atom. The highest BCUT2D eigenvalue weighted by atomic mass is 32.2. The quantitative estimate of drug-likeness (QED) is 0.661. The SMILES string of the molecule is Cc1ccc(CC(=O)Nc2nnc(-c3cccc(S(=O)(=O)C(C)C)c3)o2)c(C)c1. The van der Waals surface area contributed by atoms with Crippen molar-refractivity contribution in [2.24, 2.45) is 0 Å². The molecule has 0 aliphatic carbocycles. The second-order valence-corrected chi connectivity index (χ2v) is 9.69. The molecule has 0 saturated carbocycles. The van der Waals surface area contributed by atoms with Crippen molar-refractivity contribution in [1.82, 2.24) is 10.2 Å². The predicted molar refractivity (Wildman–Crippen MR) is 110 cm³/mol. The van der Waals surface area contributed by atoms with Gasteiger partial charge < -0.3 is 4.42 Å². The van der Waals surface area contributed by atoms with Crippen LogP contribution in [0.3, 0.4) is 0 Å². The highest BCUT2D eigenvalue weighted by molar-refractivity contribution is 7.92. The Hall–Kier alpha value is -3.00. The van der Waals surface area contributed by atoms with Gasteiger partial charge in [0.15, 0.2) is 9.84 Å². The van der Waals surface area contributed by atoms with E-state index in [-0.39, 0.29) is 29.1 Å². The summed E-state index contributed by atoms with van der Waals surface area (Å²) in [7, 11) is -3.42. The lowest BCUT2D eigenvalue weighted by Crippen LogP contribution is -2.15. The van der Waals surface area contributed by atoms with Crippen LogP contribution in [0.4, 0.5) is 6.01 Å². The van der Waals surface area contributed by atoms with Gasteiger partial charge in [-0.15, -0.1) is 5.10 Å². The summed E-state index contributed by atoms with van der Waals surface area (Å²) in [5.74, 6) is -0.143. The largest absolute Gasteiger partial charge is 0.403 e. The number of carbonyl (C=O) groups excluding carboxylic acids is 1. The number of hydrogen-bond acceptors (Lipinski definition) is 6. The first-order chi connectivity index (χ1) is 13.7. The third kappa shape index (κ3) is 4.71. The highest BCUT2D eigenvalue weighted by Gasteiger charge is 2.20. The molecule has 0 bridgehead atoms. The lowest BCUT2D eigenvalue weighted by molar-refractivity contribution is -0.115. The van der Waals surface area contributed by atoms with Crippen LogP contribution in [0, 0.1) is 13.8 Å². The summed E-state index contributed by atoms with van der Waals surface area (Å²) < 4.78 is 30.2. The molecule has 29 heavy (non-hydrogen) atoms. The van der Waals surface area contributed by atoms with E-state index in [4.69, 9.17) is 4.42 Å². The maximum absolute atomic E-state index is 12.4. The zero-order valence-electron chi connectivity index (χ0n) is 16.8. The van der Waals surface area contributed by atoms with Crippen molar-refractivity contribution >= 4 is 21.8 Å². The molecule has 152 valence electrons.